The van der Waals surface area contributed by atoms with Gasteiger partial charge in [-0.25, -0.2) is 0 Å². The number of rotatable bonds is 2. The summed E-state index contributed by atoms with van der Waals surface area (Å²) in [6.45, 7) is 1.85. The van der Waals surface area contributed by atoms with Crippen LogP contribution >= 0.6 is 11.6 Å². The van der Waals surface area contributed by atoms with Crippen LogP contribution in [0.25, 0.3) is 0 Å². The van der Waals surface area contributed by atoms with Crippen LogP contribution in [-0.4, -0.2) is 29.2 Å². The Balaban J connectivity index is 2.18. The summed E-state index contributed by atoms with van der Waals surface area (Å²) in [4.78, 5) is 24.5. The molecule has 7 heteroatoms. The quantitative estimate of drug-likeness (QED) is 0.657. The van der Waals surface area contributed by atoms with Crippen LogP contribution < -0.4 is 5.32 Å². The summed E-state index contributed by atoms with van der Waals surface area (Å²) < 4.78 is 4.81. The molecule has 0 aliphatic carbocycles. The second-order valence-corrected chi connectivity index (χ2v) is 5.57. The van der Waals surface area contributed by atoms with Crippen molar-refractivity contribution in [1.82, 2.24) is 10.2 Å². The molecular weight excluding hydrogens is 306 g/mol. The number of aromatic amines is 1. The van der Waals surface area contributed by atoms with Gasteiger partial charge in [0.2, 0.25) is 5.91 Å². The maximum absolute atomic E-state index is 12.3. The second kappa shape index (κ2) is 5.46. The number of nitrogens with one attached hydrogen (secondary N) is 2. The standard InChI is InChI=1S/C15H14ClN3O3/c1-7-10-11(8-3-5-9(16)6-4-8)12(15(21)22-2)14(20)17-13(10)19-18-7/h3-6,11-12H,1-2H3,(H2,17,18,19,20). The molecule has 0 bridgehead atoms. The molecule has 114 valence electrons. The summed E-state index contributed by atoms with van der Waals surface area (Å²) in [5.74, 6) is -1.99. The van der Waals surface area contributed by atoms with Crippen molar-refractivity contribution in [3.63, 3.8) is 0 Å². The number of amides is 1. The van der Waals surface area contributed by atoms with Gasteiger partial charge in [0, 0.05) is 22.2 Å². The topological polar surface area (TPSA) is 84.1 Å². The molecule has 1 amide bonds. The molecule has 2 atom stereocenters. The number of aryl methyl sites for hydroxylation is 1. The highest BCUT2D eigenvalue weighted by Gasteiger charge is 2.44. The first kappa shape index (κ1) is 14.6. The first-order chi connectivity index (χ1) is 10.5. The number of ether oxygens (including phenoxy) is 1. The molecule has 22 heavy (non-hydrogen) atoms. The van der Waals surface area contributed by atoms with E-state index >= 15 is 0 Å². The number of nitrogens with zero attached hydrogens (tertiary/aromatic N) is 1. The van der Waals surface area contributed by atoms with Gasteiger partial charge in [-0.2, -0.15) is 5.10 Å². The van der Waals surface area contributed by atoms with E-state index in [-0.39, 0.29) is 0 Å². The smallest absolute Gasteiger partial charge is 0.319 e. The van der Waals surface area contributed by atoms with Crippen LogP contribution in [0.15, 0.2) is 24.3 Å². The highest BCUT2D eigenvalue weighted by molar-refractivity contribution is 6.30. The molecule has 6 nitrogen and oxygen atoms in total. The van der Waals surface area contributed by atoms with Crippen molar-refractivity contribution in [2.24, 2.45) is 5.92 Å². The van der Waals surface area contributed by atoms with E-state index in [0.717, 1.165) is 16.8 Å². The molecule has 3 rings (SSSR count). The van der Waals surface area contributed by atoms with Crippen molar-refractivity contribution in [1.29, 1.82) is 0 Å². The van der Waals surface area contributed by atoms with E-state index in [1.807, 2.05) is 6.92 Å². The van der Waals surface area contributed by atoms with Crippen LogP contribution in [0.1, 0.15) is 22.7 Å². The molecule has 0 saturated heterocycles. The largest absolute Gasteiger partial charge is 0.468 e. The molecule has 0 spiro atoms. The lowest BCUT2D eigenvalue weighted by molar-refractivity contribution is -0.149. The zero-order chi connectivity index (χ0) is 15.9. The third-order valence-corrected chi connectivity index (χ3v) is 4.10. The highest BCUT2D eigenvalue weighted by Crippen LogP contribution is 2.42. The Kier molecular flexibility index (Phi) is 3.62. The monoisotopic (exact) mass is 319 g/mol. The predicted molar refractivity (Wildman–Crippen MR) is 80.8 cm³/mol. The minimum absolute atomic E-state index is 0.425. The van der Waals surface area contributed by atoms with Gasteiger partial charge >= 0.3 is 5.97 Å². The fourth-order valence-corrected chi connectivity index (χ4v) is 2.95. The first-order valence-electron chi connectivity index (χ1n) is 6.72. The first-order valence-corrected chi connectivity index (χ1v) is 7.09. The number of esters is 1. The van der Waals surface area contributed by atoms with Gasteiger partial charge in [-0.1, -0.05) is 23.7 Å². The van der Waals surface area contributed by atoms with Gasteiger partial charge < -0.3 is 10.1 Å². The molecule has 1 aromatic heterocycles. The van der Waals surface area contributed by atoms with Gasteiger partial charge in [0.1, 0.15) is 5.92 Å². The normalized spacial score (nSPS) is 20.2. The lowest BCUT2D eigenvalue weighted by atomic mass is 9.78. The van der Waals surface area contributed by atoms with Gasteiger partial charge in [-0.3, -0.25) is 14.7 Å². The molecule has 1 aliphatic heterocycles. The van der Waals surface area contributed by atoms with Crippen LogP contribution in [-0.2, 0) is 14.3 Å². The van der Waals surface area contributed by atoms with E-state index in [1.54, 1.807) is 24.3 Å². The maximum atomic E-state index is 12.3. The van der Waals surface area contributed by atoms with E-state index in [0.29, 0.717) is 10.8 Å². The van der Waals surface area contributed by atoms with Gasteiger partial charge in [-0.15, -0.1) is 0 Å². The van der Waals surface area contributed by atoms with E-state index in [9.17, 15) is 9.59 Å². The molecule has 1 aliphatic rings. The fraction of sp³-hybridized carbons (Fsp3) is 0.267. The van der Waals surface area contributed by atoms with Gasteiger partial charge in [-0.05, 0) is 24.6 Å². The van der Waals surface area contributed by atoms with Crippen molar-refractivity contribution < 1.29 is 14.3 Å². The van der Waals surface area contributed by atoms with E-state index in [1.165, 1.54) is 7.11 Å². The Hall–Kier alpha value is -2.34. The van der Waals surface area contributed by atoms with Gasteiger partial charge in [0.15, 0.2) is 5.82 Å². The third kappa shape index (κ3) is 2.25. The van der Waals surface area contributed by atoms with Crippen LogP contribution in [0, 0.1) is 12.8 Å². The van der Waals surface area contributed by atoms with E-state index in [4.69, 9.17) is 16.3 Å². The molecule has 1 aromatic carbocycles. The fourth-order valence-electron chi connectivity index (χ4n) is 2.83. The number of methoxy groups -OCH3 is 1. The number of H-pyrrole nitrogens is 1. The number of hydrogen-bond donors (Lipinski definition) is 2. The Bertz CT molecular complexity index is 739. The number of carbonyl (C=O) groups excluding carboxylic acids is 2. The molecule has 2 heterocycles. The van der Waals surface area contributed by atoms with Crippen molar-refractivity contribution in [2.75, 3.05) is 12.4 Å². The van der Waals surface area contributed by atoms with Crippen LogP contribution in [0.3, 0.4) is 0 Å². The van der Waals surface area contributed by atoms with Gasteiger partial charge in [0.05, 0.1) is 7.11 Å². The summed E-state index contributed by atoms with van der Waals surface area (Å²) >= 11 is 5.93. The lowest BCUT2D eigenvalue weighted by Gasteiger charge is -2.29. The number of fused-ring (bicyclic) bond motifs is 1. The molecular formula is C15H14ClN3O3. The van der Waals surface area contributed by atoms with Crippen LogP contribution in [0.5, 0.6) is 0 Å². The summed E-state index contributed by atoms with van der Waals surface area (Å²) in [5.41, 5.74) is 2.39. The number of carbonyl (C=O) groups is 2. The average molecular weight is 320 g/mol. The van der Waals surface area contributed by atoms with Crippen LogP contribution in [0.4, 0.5) is 5.82 Å². The molecule has 2 unspecified atom stereocenters. The average Bonchev–Trinajstić information content (AvgIpc) is 2.87. The predicted octanol–water partition coefficient (Wildman–Crippen LogP) is 2.24. The zero-order valence-electron chi connectivity index (χ0n) is 12.0. The minimum Gasteiger partial charge on any atom is -0.468 e. The Morgan fingerprint density at radius 2 is 2.00 bits per heavy atom. The van der Waals surface area contributed by atoms with Gasteiger partial charge in [0.25, 0.3) is 0 Å². The Morgan fingerprint density at radius 1 is 1.32 bits per heavy atom. The molecule has 2 aromatic rings. The van der Waals surface area contributed by atoms with Crippen molar-refractivity contribution in [3.05, 3.63) is 46.1 Å². The number of halogens is 1. The Morgan fingerprint density at radius 3 is 2.64 bits per heavy atom. The molecule has 0 saturated carbocycles. The third-order valence-electron chi connectivity index (χ3n) is 3.85. The lowest BCUT2D eigenvalue weighted by Crippen LogP contribution is -2.39. The van der Waals surface area contributed by atoms with Crippen LogP contribution in [0.2, 0.25) is 5.02 Å². The maximum Gasteiger partial charge on any atom is 0.319 e. The number of anilines is 1. The molecule has 2 N–H and O–H groups in total. The molecule has 0 radical (unpaired) electrons. The van der Waals surface area contributed by atoms with Crippen molar-refractivity contribution >= 4 is 29.3 Å². The van der Waals surface area contributed by atoms with Crippen molar-refractivity contribution in [3.8, 4) is 0 Å². The van der Waals surface area contributed by atoms with E-state index in [2.05, 4.69) is 15.5 Å². The number of hydrogen-bond acceptors (Lipinski definition) is 4. The summed E-state index contributed by atoms with van der Waals surface area (Å²) in [5, 5.41) is 10.2. The number of benzene rings is 1. The minimum atomic E-state index is -0.963. The SMILES string of the molecule is COC(=O)C1C(=O)Nc2n[nH]c(C)c2C1c1ccc(Cl)cc1. The molecule has 0 fully saturated rings. The summed E-state index contributed by atoms with van der Waals surface area (Å²) in [7, 11) is 1.27. The Labute approximate surface area is 131 Å². The zero-order valence-corrected chi connectivity index (χ0v) is 12.8. The highest BCUT2D eigenvalue weighted by atomic mass is 35.5. The number of aromatic nitrogens is 2. The van der Waals surface area contributed by atoms with E-state index < -0.39 is 23.7 Å². The van der Waals surface area contributed by atoms with Crippen molar-refractivity contribution in [2.45, 2.75) is 12.8 Å². The summed E-state index contributed by atoms with van der Waals surface area (Å²) in [6, 6.07) is 7.06. The summed E-state index contributed by atoms with van der Waals surface area (Å²) in [6.07, 6.45) is 0. The second-order valence-electron chi connectivity index (χ2n) is 5.13.